The molecule has 0 aliphatic carbocycles. The van der Waals surface area contributed by atoms with Crippen LogP contribution in [0.4, 0.5) is 18.9 Å². The van der Waals surface area contributed by atoms with E-state index in [2.05, 4.69) is 15.4 Å². The molecule has 7 nitrogen and oxygen atoms in total. The molecule has 0 radical (unpaired) electrons. The summed E-state index contributed by atoms with van der Waals surface area (Å²) in [6.45, 7) is 0. The van der Waals surface area contributed by atoms with Gasteiger partial charge in [-0.1, -0.05) is 30.3 Å². The number of benzene rings is 2. The Balaban J connectivity index is 0.000000537. The summed E-state index contributed by atoms with van der Waals surface area (Å²) in [6.07, 6.45) is -4.49. The normalized spacial score (nSPS) is 11.6. The van der Waals surface area contributed by atoms with Gasteiger partial charge in [0.25, 0.3) is 10.2 Å². The van der Waals surface area contributed by atoms with Crippen LogP contribution in [0.3, 0.4) is 0 Å². The van der Waals surface area contributed by atoms with Crippen LogP contribution in [-0.4, -0.2) is 32.3 Å². The number of hydrogen-bond acceptors (Lipinski definition) is 4. The number of halogens is 3. The summed E-state index contributed by atoms with van der Waals surface area (Å²) in [6, 6.07) is 17.2. The molecule has 3 rings (SSSR count). The molecule has 0 amide bonds. The minimum atomic E-state index is -4.49. The molecular formula is C18H20F3N5O2S. The van der Waals surface area contributed by atoms with Gasteiger partial charge in [0.2, 0.25) is 0 Å². The van der Waals surface area contributed by atoms with E-state index >= 15 is 0 Å². The molecule has 29 heavy (non-hydrogen) atoms. The van der Waals surface area contributed by atoms with Crippen LogP contribution in [0, 0.1) is 0 Å². The molecule has 0 unspecified atom stereocenters. The summed E-state index contributed by atoms with van der Waals surface area (Å²) < 4.78 is 59.0. The van der Waals surface area contributed by atoms with Crippen molar-refractivity contribution in [3.05, 3.63) is 66.4 Å². The maximum absolute atomic E-state index is 13.1. The van der Waals surface area contributed by atoms with Crippen LogP contribution in [0.2, 0.25) is 0 Å². The largest absolute Gasteiger partial charge is 0.435 e. The fourth-order valence-corrected chi connectivity index (χ4v) is 2.42. The highest BCUT2D eigenvalue weighted by atomic mass is 32.2. The summed E-state index contributed by atoms with van der Waals surface area (Å²) in [5.41, 5.74) is 1.73. The number of alkyl halides is 3. The SMILES string of the molecule is CN(C)c1ccc(-c2cc(C(F)(F)F)nn2-c2ccccc2)cc1.NS(N)(=O)=O. The molecule has 4 N–H and O–H groups in total. The van der Waals surface area contributed by atoms with Crippen LogP contribution in [0.15, 0.2) is 60.7 Å². The third-order valence-electron chi connectivity index (χ3n) is 3.68. The van der Waals surface area contributed by atoms with Gasteiger partial charge >= 0.3 is 6.18 Å². The van der Waals surface area contributed by atoms with Crippen molar-refractivity contribution in [3.8, 4) is 16.9 Å². The molecule has 0 bridgehead atoms. The number of para-hydroxylation sites is 1. The summed E-state index contributed by atoms with van der Waals surface area (Å²) in [5, 5.41) is 12.0. The van der Waals surface area contributed by atoms with E-state index in [9.17, 15) is 21.6 Å². The van der Waals surface area contributed by atoms with Crippen molar-refractivity contribution in [2.75, 3.05) is 19.0 Å². The Morgan fingerprint density at radius 3 is 1.93 bits per heavy atom. The number of rotatable bonds is 3. The fourth-order valence-electron chi connectivity index (χ4n) is 2.42. The average Bonchev–Trinajstić information content (AvgIpc) is 3.07. The van der Waals surface area contributed by atoms with E-state index in [0.717, 1.165) is 11.8 Å². The third kappa shape index (κ3) is 6.59. The summed E-state index contributed by atoms with van der Waals surface area (Å²) in [5.74, 6) is 0. The molecule has 1 aromatic heterocycles. The maximum atomic E-state index is 13.1. The average molecular weight is 427 g/mol. The van der Waals surface area contributed by atoms with Gasteiger partial charge in [-0.15, -0.1) is 0 Å². The van der Waals surface area contributed by atoms with Crippen LogP contribution in [0.25, 0.3) is 16.9 Å². The first-order valence-corrected chi connectivity index (χ1v) is 9.78. The Labute approximate surface area is 166 Å². The van der Waals surface area contributed by atoms with E-state index in [4.69, 9.17) is 0 Å². The first kappa shape index (κ1) is 22.4. The van der Waals surface area contributed by atoms with E-state index in [1.165, 1.54) is 4.68 Å². The van der Waals surface area contributed by atoms with Crippen molar-refractivity contribution >= 4 is 15.9 Å². The van der Waals surface area contributed by atoms with Crippen LogP contribution in [0.5, 0.6) is 0 Å². The van der Waals surface area contributed by atoms with E-state index < -0.39 is 22.1 Å². The molecule has 0 aliphatic rings. The maximum Gasteiger partial charge on any atom is 0.435 e. The second-order valence-electron chi connectivity index (χ2n) is 6.19. The van der Waals surface area contributed by atoms with Crippen molar-refractivity contribution in [1.82, 2.24) is 9.78 Å². The number of hydrogen-bond donors (Lipinski definition) is 2. The van der Waals surface area contributed by atoms with Crippen molar-refractivity contribution in [3.63, 3.8) is 0 Å². The monoisotopic (exact) mass is 427 g/mol. The van der Waals surface area contributed by atoms with Crippen molar-refractivity contribution < 1.29 is 21.6 Å². The van der Waals surface area contributed by atoms with Gasteiger partial charge in [0, 0.05) is 25.3 Å². The quantitative estimate of drug-likeness (QED) is 0.670. The topological polar surface area (TPSA) is 107 Å². The molecule has 3 aromatic rings. The number of nitrogens with two attached hydrogens (primary N) is 2. The zero-order valence-electron chi connectivity index (χ0n) is 15.6. The number of anilines is 1. The van der Waals surface area contributed by atoms with E-state index in [-0.39, 0.29) is 0 Å². The Hall–Kier alpha value is -2.89. The van der Waals surface area contributed by atoms with Gasteiger partial charge in [-0.2, -0.15) is 26.7 Å². The zero-order valence-corrected chi connectivity index (χ0v) is 16.4. The molecule has 0 aliphatic heterocycles. The smallest absolute Gasteiger partial charge is 0.378 e. The summed E-state index contributed by atoms with van der Waals surface area (Å²) >= 11 is 0. The Morgan fingerprint density at radius 2 is 1.48 bits per heavy atom. The second-order valence-corrected chi connectivity index (χ2v) is 7.37. The molecular weight excluding hydrogens is 407 g/mol. The second kappa shape index (κ2) is 8.64. The Bertz CT molecular complexity index is 1040. The number of nitrogens with zero attached hydrogens (tertiary/aromatic N) is 3. The highest BCUT2D eigenvalue weighted by molar-refractivity contribution is 7.86. The van der Waals surface area contributed by atoms with Crippen LogP contribution in [-0.2, 0) is 16.4 Å². The van der Waals surface area contributed by atoms with Crippen LogP contribution < -0.4 is 15.2 Å². The van der Waals surface area contributed by atoms with Gasteiger partial charge in [-0.3, -0.25) is 0 Å². The highest BCUT2D eigenvalue weighted by Gasteiger charge is 2.35. The van der Waals surface area contributed by atoms with E-state index in [0.29, 0.717) is 16.9 Å². The molecule has 0 saturated carbocycles. The first-order chi connectivity index (χ1) is 13.4. The van der Waals surface area contributed by atoms with Gasteiger partial charge < -0.3 is 4.90 Å². The van der Waals surface area contributed by atoms with Gasteiger partial charge in [0.15, 0.2) is 5.69 Å². The Kier molecular flexibility index (Phi) is 6.67. The van der Waals surface area contributed by atoms with E-state index in [1.54, 1.807) is 36.4 Å². The molecule has 0 saturated heterocycles. The van der Waals surface area contributed by atoms with Crippen LogP contribution >= 0.6 is 0 Å². The van der Waals surface area contributed by atoms with Crippen molar-refractivity contribution in [2.45, 2.75) is 6.18 Å². The minimum Gasteiger partial charge on any atom is -0.378 e. The number of aromatic nitrogens is 2. The lowest BCUT2D eigenvalue weighted by molar-refractivity contribution is -0.141. The molecule has 0 fully saturated rings. The standard InChI is InChI=1S/C18H16F3N3.H4N2O2S/c1-23(2)14-10-8-13(9-11-14)16-12-17(18(19,20)21)22-24(16)15-6-4-3-5-7-15;1-5(2,3)4/h3-12H,1-2H3;(H4,1,2,3,4). The molecule has 2 aromatic carbocycles. The lowest BCUT2D eigenvalue weighted by Crippen LogP contribution is -2.21. The predicted molar refractivity (Wildman–Crippen MR) is 106 cm³/mol. The molecule has 0 atom stereocenters. The lowest BCUT2D eigenvalue weighted by Gasteiger charge is -2.13. The Morgan fingerprint density at radius 1 is 0.966 bits per heavy atom. The minimum absolute atomic E-state index is 0.402. The zero-order chi connectivity index (χ0) is 21.8. The molecule has 156 valence electrons. The van der Waals surface area contributed by atoms with Crippen molar-refractivity contribution in [2.24, 2.45) is 10.3 Å². The first-order valence-electron chi connectivity index (χ1n) is 8.17. The lowest BCUT2D eigenvalue weighted by atomic mass is 10.1. The molecule has 0 spiro atoms. The van der Waals surface area contributed by atoms with E-state index in [1.807, 2.05) is 37.2 Å². The molecule has 1 heterocycles. The van der Waals surface area contributed by atoms with Gasteiger partial charge in [-0.05, 0) is 30.3 Å². The highest BCUT2D eigenvalue weighted by Crippen LogP contribution is 2.33. The summed E-state index contributed by atoms with van der Waals surface area (Å²) in [7, 11) is 0.149. The predicted octanol–water partition coefficient (Wildman–Crippen LogP) is 2.77. The van der Waals surface area contributed by atoms with Gasteiger partial charge in [0.05, 0.1) is 11.4 Å². The van der Waals surface area contributed by atoms with Gasteiger partial charge in [0.1, 0.15) is 0 Å². The third-order valence-corrected chi connectivity index (χ3v) is 3.68. The summed E-state index contributed by atoms with van der Waals surface area (Å²) in [4.78, 5) is 1.93. The van der Waals surface area contributed by atoms with Gasteiger partial charge in [-0.25, -0.2) is 15.0 Å². The molecule has 11 heteroatoms. The fraction of sp³-hybridized carbons (Fsp3) is 0.167. The van der Waals surface area contributed by atoms with Crippen LogP contribution in [0.1, 0.15) is 5.69 Å². The van der Waals surface area contributed by atoms with Crippen molar-refractivity contribution in [1.29, 1.82) is 0 Å².